The van der Waals surface area contributed by atoms with E-state index in [2.05, 4.69) is 21.4 Å². The lowest BCUT2D eigenvalue weighted by Gasteiger charge is -2.19. The molecule has 1 atom stereocenters. The van der Waals surface area contributed by atoms with Gasteiger partial charge in [0.1, 0.15) is 11.6 Å². The van der Waals surface area contributed by atoms with Crippen LogP contribution in [0.15, 0.2) is 40.9 Å². The lowest BCUT2D eigenvalue weighted by Crippen LogP contribution is -2.29. The number of halogens is 3. The zero-order valence-corrected chi connectivity index (χ0v) is 11.8. The quantitative estimate of drug-likeness (QED) is 0.668. The summed E-state index contributed by atoms with van der Waals surface area (Å²) in [5, 5.41) is 0. The van der Waals surface area contributed by atoms with Gasteiger partial charge in [-0.05, 0) is 51.7 Å². The van der Waals surface area contributed by atoms with Gasteiger partial charge in [-0.15, -0.1) is 0 Å². The maximum absolute atomic E-state index is 13.6. The van der Waals surface area contributed by atoms with Crippen LogP contribution >= 0.6 is 15.9 Å². The Balaban J connectivity index is 2.50. The minimum atomic E-state index is -0.413. The molecule has 0 amide bonds. The topological polar surface area (TPSA) is 38.0 Å². The summed E-state index contributed by atoms with van der Waals surface area (Å²) < 4.78 is 27.2. The largest absolute Gasteiger partial charge is 0.271 e. The summed E-state index contributed by atoms with van der Waals surface area (Å²) >= 11 is 3.21. The second-order valence-corrected chi connectivity index (χ2v) is 5.04. The summed E-state index contributed by atoms with van der Waals surface area (Å²) in [6, 6.07) is 9.01. The monoisotopic (exact) mass is 326 g/mol. The molecule has 19 heavy (non-hydrogen) atoms. The van der Waals surface area contributed by atoms with Crippen molar-refractivity contribution in [3.8, 4) is 0 Å². The smallest absolute Gasteiger partial charge is 0.137 e. The lowest BCUT2D eigenvalue weighted by molar-refractivity contribution is 0.592. The van der Waals surface area contributed by atoms with Gasteiger partial charge in [0.05, 0.1) is 10.5 Å². The molecule has 0 spiro atoms. The molecule has 5 heteroatoms. The molecule has 2 aromatic rings. The Morgan fingerprint density at radius 2 is 1.89 bits per heavy atom. The molecule has 2 aromatic carbocycles. The molecule has 0 aliphatic rings. The number of nitrogens with one attached hydrogen (secondary N) is 1. The normalized spacial score (nSPS) is 12.5. The summed E-state index contributed by atoms with van der Waals surface area (Å²) in [5.74, 6) is 4.91. The third-order valence-corrected chi connectivity index (χ3v) is 3.81. The number of rotatable bonds is 3. The Hall–Kier alpha value is -1.30. The third-order valence-electron chi connectivity index (χ3n) is 2.97. The minimum Gasteiger partial charge on any atom is -0.271 e. The van der Waals surface area contributed by atoms with Gasteiger partial charge < -0.3 is 0 Å². The highest BCUT2D eigenvalue weighted by Crippen LogP contribution is 2.30. The molecule has 0 saturated heterocycles. The van der Waals surface area contributed by atoms with Crippen molar-refractivity contribution in [2.75, 3.05) is 0 Å². The number of hydrazine groups is 1. The van der Waals surface area contributed by atoms with Gasteiger partial charge in [0.25, 0.3) is 0 Å². The summed E-state index contributed by atoms with van der Waals surface area (Å²) in [4.78, 5) is 0. The first-order valence-corrected chi connectivity index (χ1v) is 6.50. The van der Waals surface area contributed by atoms with Crippen LogP contribution in [0.5, 0.6) is 0 Å². The third kappa shape index (κ3) is 2.83. The highest BCUT2D eigenvalue weighted by Gasteiger charge is 2.18. The lowest BCUT2D eigenvalue weighted by atomic mass is 9.97. The summed E-state index contributed by atoms with van der Waals surface area (Å²) in [6.07, 6.45) is 0. The average molecular weight is 327 g/mol. The van der Waals surface area contributed by atoms with Crippen molar-refractivity contribution in [1.82, 2.24) is 5.43 Å². The van der Waals surface area contributed by atoms with Crippen molar-refractivity contribution < 1.29 is 8.78 Å². The maximum Gasteiger partial charge on any atom is 0.137 e. The van der Waals surface area contributed by atoms with Crippen LogP contribution in [0.2, 0.25) is 0 Å². The molecule has 0 aliphatic carbocycles. The van der Waals surface area contributed by atoms with Crippen LogP contribution in [0.1, 0.15) is 22.7 Å². The van der Waals surface area contributed by atoms with Crippen molar-refractivity contribution in [2.45, 2.75) is 13.0 Å². The molecular weight excluding hydrogens is 314 g/mol. The predicted molar refractivity (Wildman–Crippen MR) is 74.4 cm³/mol. The molecule has 0 aromatic heterocycles. The van der Waals surface area contributed by atoms with Crippen LogP contribution in [0.25, 0.3) is 0 Å². The van der Waals surface area contributed by atoms with Crippen LogP contribution < -0.4 is 11.3 Å². The van der Waals surface area contributed by atoms with Gasteiger partial charge in [-0.2, -0.15) is 0 Å². The first kappa shape index (κ1) is 14.1. The first-order valence-electron chi connectivity index (χ1n) is 5.70. The van der Waals surface area contributed by atoms with Crippen molar-refractivity contribution in [2.24, 2.45) is 5.84 Å². The molecule has 1 unspecified atom stereocenters. The molecule has 3 N–H and O–H groups in total. The zero-order valence-electron chi connectivity index (χ0n) is 10.3. The van der Waals surface area contributed by atoms with Gasteiger partial charge in [-0.3, -0.25) is 5.84 Å². The van der Waals surface area contributed by atoms with Crippen LogP contribution in [0, 0.1) is 18.6 Å². The summed E-state index contributed by atoms with van der Waals surface area (Å²) in [5.41, 5.74) is 4.58. The average Bonchev–Trinajstić information content (AvgIpc) is 2.39. The fourth-order valence-corrected chi connectivity index (χ4v) is 2.45. The maximum atomic E-state index is 13.6. The van der Waals surface area contributed by atoms with Gasteiger partial charge in [0.2, 0.25) is 0 Å². The van der Waals surface area contributed by atoms with Crippen LogP contribution in [-0.2, 0) is 0 Å². The molecule has 100 valence electrons. The number of benzene rings is 2. The summed E-state index contributed by atoms with van der Waals surface area (Å²) in [7, 11) is 0. The number of aryl methyl sites for hydroxylation is 1. The highest BCUT2D eigenvalue weighted by molar-refractivity contribution is 9.10. The van der Waals surface area contributed by atoms with Crippen molar-refractivity contribution in [1.29, 1.82) is 0 Å². The van der Waals surface area contributed by atoms with Gasteiger partial charge in [-0.25, -0.2) is 14.2 Å². The second kappa shape index (κ2) is 5.77. The van der Waals surface area contributed by atoms with Gasteiger partial charge in [-0.1, -0.05) is 24.3 Å². The van der Waals surface area contributed by atoms with E-state index in [-0.39, 0.29) is 11.6 Å². The van der Waals surface area contributed by atoms with Crippen molar-refractivity contribution >= 4 is 15.9 Å². The Morgan fingerprint density at radius 3 is 2.53 bits per heavy atom. The van der Waals surface area contributed by atoms with E-state index >= 15 is 0 Å². The van der Waals surface area contributed by atoms with E-state index in [1.54, 1.807) is 31.2 Å². The van der Waals surface area contributed by atoms with E-state index < -0.39 is 6.04 Å². The van der Waals surface area contributed by atoms with E-state index in [4.69, 9.17) is 5.84 Å². The fourth-order valence-electron chi connectivity index (χ4n) is 1.96. The Bertz CT molecular complexity index is 602. The highest BCUT2D eigenvalue weighted by atomic mass is 79.9. The molecule has 2 nitrogen and oxygen atoms in total. The van der Waals surface area contributed by atoms with E-state index in [9.17, 15) is 8.78 Å². The first-order chi connectivity index (χ1) is 9.04. The number of hydrogen-bond acceptors (Lipinski definition) is 2. The predicted octanol–water partition coefficient (Wildman–Crippen LogP) is 3.59. The Labute approximate surface area is 118 Å². The molecular formula is C14H13BrF2N2. The van der Waals surface area contributed by atoms with Crippen LogP contribution in [0.4, 0.5) is 8.78 Å². The van der Waals surface area contributed by atoms with E-state index in [0.29, 0.717) is 15.6 Å². The van der Waals surface area contributed by atoms with E-state index in [0.717, 1.165) is 5.56 Å². The zero-order chi connectivity index (χ0) is 14.0. The molecule has 0 radical (unpaired) electrons. The standard InChI is InChI=1S/C14H13BrF2N2/c1-8-7-9(5-6-11(8)16)14(19-18)10-3-2-4-12(17)13(10)15/h2-7,14,19H,18H2,1H3. The fraction of sp³-hybridized carbons (Fsp3) is 0.143. The molecule has 0 heterocycles. The SMILES string of the molecule is Cc1cc(C(NN)c2cccc(F)c2Br)ccc1F. The molecule has 0 fully saturated rings. The van der Waals surface area contributed by atoms with E-state index in [1.807, 2.05) is 0 Å². The van der Waals surface area contributed by atoms with E-state index in [1.165, 1.54) is 12.1 Å². The summed E-state index contributed by atoms with van der Waals surface area (Å²) in [6.45, 7) is 1.67. The van der Waals surface area contributed by atoms with Crippen LogP contribution in [0.3, 0.4) is 0 Å². The van der Waals surface area contributed by atoms with Gasteiger partial charge in [0, 0.05) is 0 Å². The molecule has 2 rings (SSSR count). The number of nitrogens with two attached hydrogens (primary N) is 1. The number of hydrogen-bond donors (Lipinski definition) is 2. The Kier molecular flexibility index (Phi) is 4.29. The van der Waals surface area contributed by atoms with Crippen molar-refractivity contribution in [3.63, 3.8) is 0 Å². The molecule has 0 bridgehead atoms. The second-order valence-electron chi connectivity index (χ2n) is 4.25. The van der Waals surface area contributed by atoms with Gasteiger partial charge >= 0.3 is 0 Å². The van der Waals surface area contributed by atoms with Gasteiger partial charge in [0.15, 0.2) is 0 Å². The van der Waals surface area contributed by atoms with Crippen molar-refractivity contribution in [3.05, 3.63) is 69.2 Å². The molecule has 0 saturated carbocycles. The molecule has 0 aliphatic heterocycles. The Morgan fingerprint density at radius 1 is 1.16 bits per heavy atom. The van der Waals surface area contributed by atoms with Crippen LogP contribution in [-0.4, -0.2) is 0 Å². The minimum absolute atomic E-state index is 0.280.